The van der Waals surface area contributed by atoms with Crippen LogP contribution in [0.2, 0.25) is 0 Å². The van der Waals surface area contributed by atoms with E-state index in [1.54, 1.807) is 23.9 Å². The molecule has 0 amide bonds. The van der Waals surface area contributed by atoms with Gasteiger partial charge < -0.3 is 5.32 Å². The van der Waals surface area contributed by atoms with Crippen molar-refractivity contribution in [2.24, 2.45) is 4.99 Å². The van der Waals surface area contributed by atoms with Crippen LogP contribution in [0.3, 0.4) is 0 Å². The number of amidine groups is 1. The Labute approximate surface area is 99.3 Å². The standard InChI is InChI=1S/C12H15FN2S/c1-3-9-7-16-12(14-9)15-11-6-8(2)4-5-10(11)13/h4-6,9H,3,7H2,1-2H3,(H,14,15). The van der Waals surface area contributed by atoms with E-state index in [4.69, 9.17) is 0 Å². The van der Waals surface area contributed by atoms with Gasteiger partial charge in [-0.2, -0.15) is 0 Å². The summed E-state index contributed by atoms with van der Waals surface area (Å²) in [5, 5.41) is 3.88. The molecule has 0 spiro atoms. The van der Waals surface area contributed by atoms with Gasteiger partial charge in [0, 0.05) is 5.75 Å². The van der Waals surface area contributed by atoms with E-state index in [-0.39, 0.29) is 5.82 Å². The monoisotopic (exact) mass is 238 g/mol. The van der Waals surface area contributed by atoms with Crippen LogP contribution in [-0.2, 0) is 0 Å². The molecule has 2 rings (SSSR count). The number of anilines is 1. The first-order valence-corrected chi connectivity index (χ1v) is 6.41. The third-order valence-corrected chi connectivity index (χ3v) is 3.58. The van der Waals surface area contributed by atoms with Crippen molar-refractivity contribution in [2.75, 3.05) is 11.1 Å². The van der Waals surface area contributed by atoms with Crippen LogP contribution in [0.25, 0.3) is 0 Å². The molecule has 86 valence electrons. The third kappa shape index (κ3) is 2.55. The van der Waals surface area contributed by atoms with Gasteiger partial charge >= 0.3 is 0 Å². The van der Waals surface area contributed by atoms with E-state index >= 15 is 0 Å². The lowest BCUT2D eigenvalue weighted by atomic mass is 10.2. The Morgan fingerprint density at radius 2 is 2.38 bits per heavy atom. The van der Waals surface area contributed by atoms with Gasteiger partial charge in [-0.1, -0.05) is 24.8 Å². The number of halogens is 1. The zero-order chi connectivity index (χ0) is 11.5. The summed E-state index contributed by atoms with van der Waals surface area (Å²) in [6.45, 7) is 4.06. The van der Waals surface area contributed by atoms with Crippen molar-refractivity contribution in [2.45, 2.75) is 26.3 Å². The van der Waals surface area contributed by atoms with Crippen LogP contribution in [0.15, 0.2) is 23.2 Å². The van der Waals surface area contributed by atoms with E-state index in [1.165, 1.54) is 6.07 Å². The highest BCUT2D eigenvalue weighted by atomic mass is 32.2. The molecule has 1 aromatic rings. The van der Waals surface area contributed by atoms with Gasteiger partial charge in [-0.25, -0.2) is 4.39 Å². The fraction of sp³-hybridized carbons (Fsp3) is 0.417. The minimum Gasteiger partial charge on any atom is -0.333 e. The third-order valence-electron chi connectivity index (χ3n) is 2.55. The highest BCUT2D eigenvalue weighted by molar-refractivity contribution is 8.14. The molecule has 1 N–H and O–H groups in total. The highest BCUT2D eigenvalue weighted by Gasteiger charge is 2.17. The molecular weight excluding hydrogens is 223 g/mol. The molecule has 0 fully saturated rings. The molecule has 0 saturated heterocycles. The Hall–Kier alpha value is -1.03. The average molecular weight is 238 g/mol. The summed E-state index contributed by atoms with van der Waals surface area (Å²) < 4.78 is 13.5. The Balaban J connectivity index is 2.12. The Bertz CT molecular complexity index is 417. The second-order valence-corrected chi connectivity index (χ2v) is 4.92. The molecule has 0 aliphatic carbocycles. The highest BCUT2D eigenvalue weighted by Crippen LogP contribution is 2.23. The Kier molecular flexibility index (Phi) is 3.49. The lowest BCUT2D eigenvalue weighted by molar-refractivity contribution is 0.632. The molecule has 4 heteroatoms. The zero-order valence-electron chi connectivity index (χ0n) is 9.46. The van der Waals surface area contributed by atoms with Crippen LogP contribution in [-0.4, -0.2) is 17.0 Å². The van der Waals surface area contributed by atoms with Gasteiger partial charge in [0.1, 0.15) is 5.82 Å². The summed E-state index contributed by atoms with van der Waals surface area (Å²) in [7, 11) is 0. The molecule has 0 radical (unpaired) electrons. The van der Waals surface area contributed by atoms with E-state index in [2.05, 4.69) is 17.2 Å². The molecule has 1 aromatic carbocycles. The van der Waals surface area contributed by atoms with Gasteiger partial charge in [0.2, 0.25) is 0 Å². The predicted octanol–water partition coefficient (Wildman–Crippen LogP) is 3.43. The average Bonchev–Trinajstić information content (AvgIpc) is 2.71. The van der Waals surface area contributed by atoms with E-state index in [9.17, 15) is 4.39 Å². The van der Waals surface area contributed by atoms with Gasteiger partial charge in [-0.15, -0.1) is 0 Å². The Morgan fingerprint density at radius 1 is 1.56 bits per heavy atom. The van der Waals surface area contributed by atoms with Crippen molar-refractivity contribution < 1.29 is 4.39 Å². The topological polar surface area (TPSA) is 24.4 Å². The summed E-state index contributed by atoms with van der Waals surface area (Å²) in [6, 6.07) is 5.42. The van der Waals surface area contributed by atoms with E-state index in [0.29, 0.717) is 11.7 Å². The number of hydrogen-bond acceptors (Lipinski definition) is 3. The van der Waals surface area contributed by atoms with Crippen molar-refractivity contribution in [1.29, 1.82) is 0 Å². The van der Waals surface area contributed by atoms with E-state index in [1.807, 2.05) is 6.92 Å². The second-order valence-electron chi connectivity index (χ2n) is 3.92. The first-order chi connectivity index (χ1) is 7.69. The largest absolute Gasteiger partial charge is 0.333 e. The molecule has 1 aliphatic heterocycles. The molecule has 1 aliphatic rings. The smallest absolute Gasteiger partial charge is 0.161 e. The maximum atomic E-state index is 13.5. The molecule has 16 heavy (non-hydrogen) atoms. The molecule has 0 saturated carbocycles. The second kappa shape index (κ2) is 4.87. The van der Waals surface area contributed by atoms with Crippen molar-refractivity contribution >= 4 is 22.6 Å². The zero-order valence-corrected chi connectivity index (χ0v) is 10.3. The SMILES string of the molecule is CCC1CSC(Nc2cc(C)ccc2F)=N1. The first kappa shape index (κ1) is 11.5. The van der Waals surface area contributed by atoms with Gasteiger partial charge in [0.15, 0.2) is 5.17 Å². The van der Waals surface area contributed by atoms with Crippen LogP contribution in [0.1, 0.15) is 18.9 Å². The molecule has 1 atom stereocenters. The van der Waals surface area contributed by atoms with Crippen molar-refractivity contribution in [3.05, 3.63) is 29.6 Å². The number of aliphatic imine (C=N–C) groups is 1. The molecule has 0 bridgehead atoms. The molecule has 0 aromatic heterocycles. The summed E-state index contributed by atoms with van der Waals surface area (Å²) >= 11 is 1.66. The van der Waals surface area contributed by atoms with Crippen LogP contribution in [0.5, 0.6) is 0 Å². The van der Waals surface area contributed by atoms with Crippen molar-refractivity contribution in [3.63, 3.8) is 0 Å². The van der Waals surface area contributed by atoms with Gasteiger partial charge in [-0.3, -0.25) is 4.99 Å². The lowest BCUT2D eigenvalue weighted by Gasteiger charge is -2.06. The summed E-state index contributed by atoms with van der Waals surface area (Å²) in [5.74, 6) is 0.764. The number of rotatable bonds is 2. The minimum absolute atomic E-state index is 0.228. The van der Waals surface area contributed by atoms with Gasteiger partial charge in [-0.05, 0) is 31.0 Å². The maximum absolute atomic E-state index is 13.5. The number of benzene rings is 1. The molecule has 1 unspecified atom stereocenters. The quantitative estimate of drug-likeness (QED) is 0.853. The number of thioether (sulfide) groups is 1. The molecule has 2 nitrogen and oxygen atoms in total. The Morgan fingerprint density at radius 3 is 3.06 bits per heavy atom. The summed E-state index contributed by atoms with van der Waals surface area (Å²) in [5.41, 5.74) is 1.56. The fourth-order valence-electron chi connectivity index (χ4n) is 1.54. The van der Waals surface area contributed by atoms with Gasteiger partial charge in [0.05, 0.1) is 11.7 Å². The van der Waals surface area contributed by atoms with E-state index < -0.39 is 0 Å². The lowest BCUT2D eigenvalue weighted by Crippen LogP contribution is -2.07. The van der Waals surface area contributed by atoms with Crippen molar-refractivity contribution in [3.8, 4) is 0 Å². The van der Waals surface area contributed by atoms with E-state index in [0.717, 1.165) is 22.9 Å². The number of hydrogen-bond donors (Lipinski definition) is 1. The minimum atomic E-state index is -0.228. The predicted molar refractivity (Wildman–Crippen MR) is 68.7 cm³/mol. The van der Waals surface area contributed by atoms with Crippen LogP contribution in [0, 0.1) is 12.7 Å². The van der Waals surface area contributed by atoms with Crippen molar-refractivity contribution in [1.82, 2.24) is 0 Å². The molecular formula is C12H15FN2S. The van der Waals surface area contributed by atoms with Crippen LogP contribution in [0.4, 0.5) is 10.1 Å². The summed E-state index contributed by atoms with van der Waals surface area (Å²) in [4.78, 5) is 4.47. The normalized spacial score (nSPS) is 19.7. The van der Waals surface area contributed by atoms with Crippen LogP contribution < -0.4 is 5.32 Å². The summed E-state index contributed by atoms with van der Waals surface area (Å²) in [6.07, 6.45) is 1.04. The fourth-order valence-corrected chi connectivity index (χ4v) is 2.61. The molecule has 1 heterocycles. The number of nitrogens with zero attached hydrogens (tertiary/aromatic N) is 1. The maximum Gasteiger partial charge on any atom is 0.161 e. The first-order valence-electron chi connectivity index (χ1n) is 5.43. The van der Waals surface area contributed by atoms with Crippen LogP contribution >= 0.6 is 11.8 Å². The number of aryl methyl sites for hydroxylation is 1. The number of nitrogens with one attached hydrogen (secondary N) is 1. The van der Waals surface area contributed by atoms with Gasteiger partial charge in [0.25, 0.3) is 0 Å².